The van der Waals surface area contributed by atoms with Crippen LogP contribution in [0.4, 0.5) is 0 Å². The quantitative estimate of drug-likeness (QED) is 0.637. The summed E-state index contributed by atoms with van der Waals surface area (Å²) in [5.41, 5.74) is 0. The maximum absolute atomic E-state index is 11.1. The SMILES string of the molecule is CNS(=O)(=O)N1SCCCC1=O. The van der Waals surface area contributed by atoms with Crippen molar-refractivity contribution in [3.05, 3.63) is 0 Å². The normalized spacial score (nSPS) is 19.8. The van der Waals surface area contributed by atoms with E-state index >= 15 is 0 Å². The second-order valence-corrected chi connectivity index (χ2v) is 5.25. The van der Waals surface area contributed by atoms with E-state index in [1.807, 2.05) is 0 Å². The number of hydrogen-bond acceptors (Lipinski definition) is 4. The van der Waals surface area contributed by atoms with Crippen molar-refractivity contribution in [1.29, 1.82) is 0 Å². The zero-order chi connectivity index (χ0) is 9.19. The highest BCUT2D eigenvalue weighted by Crippen LogP contribution is 2.23. The van der Waals surface area contributed by atoms with Crippen molar-refractivity contribution in [2.45, 2.75) is 12.8 Å². The fourth-order valence-electron chi connectivity index (χ4n) is 0.820. The second kappa shape index (κ2) is 3.63. The van der Waals surface area contributed by atoms with Crippen molar-refractivity contribution in [2.24, 2.45) is 0 Å². The van der Waals surface area contributed by atoms with Gasteiger partial charge < -0.3 is 0 Å². The lowest BCUT2D eigenvalue weighted by Gasteiger charge is -2.23. The lowest BCUT2D eigenvalue weighted by molar-refractivity contribution is -0.123. The van der Waals surface area contributed by atoms with Gasteiger partial charge >= 0.3 is 10.2 Å². The molecule has 1 aliphatic heterocycles. The van der Waals surface area contributed by atoms with E-state index in [4.69, 9.17) is 0 Å². The van der Waals surface area contributed by atoms with Crippen LogP contribution in [0.15, 0.2) is 0 Å². The van der Waals surface area contributed by atoms with Crippen molar-refractivity contribution in [1.82, 2.24) is 8.43 Å². The van der Waals surface area contributed by atoms with Gasteiger partial charge in [-0.3, -0.25) is 4.79 Å². The monoisotopic (exact) mass is 210 g/mol. The molecule has 5 nitrogen and oxygen atoms in total. The number of nitrogens with one attached hydrogen (secondary N) is 1. The molecule has 1 aliphatic rings. The van der Waals surface area contributed by atoms with Crippen LogP contribution in [0.5, 0.6) is 0 Å². The van der Waals surface area contributed by atoms with Gasteiger partial charge in [0.05, 0.1) is 0 Å². The van der Waals surface area contributed by atoms with Crippen LogP contribution in [0.25, 0.3) is 0 Å². The summed E-state index contributed by atoms with van der Waals surface area (Å²) < 4.78 is 25.2. The first kappa shape index (κ1) is 9.82. The van der Waals surface area contributed by atoms with E-state index in [0.717, 1.165) is 22.1 Å². The molecule has 12 heavy (non-hydrogen) atoms. The highest BCUT2D eigenvalue weighted by atomic mass is 32.3. The van der Waals surface area contributed by atoms with Crippen molar-refractivity contribution < 1.29 is 13.2 Å². The van der Waals surface area contributed by atoms with Gasteiger partial charge in [-0.1, -0.05) is 0 Å². The Kier molecular flexibility index (Phi) is 2.97. The van der Waals surface area contributed by atoms with Crippen LogP contribution < -0.4 is 4.72 Å². The van der Waals surface area contributed by atoms with E-state index in [-0.39, 0.29) is 5.91 Å². The lowest BCUT2D eigenvalue weighted by Crippen LogP contribution is -2.40. The molecule has 1 fully saturated rings. The predicted octanol–water partition coefficient (Wildman–Crippen LogP) is -0.279. The number of rotatable bonds is 2. The number of amides is 1. The largest absolute Gasteiger partial charge is 0.313 e. The van der Waals surface area contributed by atoms with Crippen LogP contribution in [0.2, 0.25) is 0 Å². The summed E-state index contributed by atoms with van der Waals surface area (Å²) in [4.78, 5) is 11.1. The van der Waals surface area contributed by atoms with Gasteiger partial charge in [0.15, 0.2) is 0 Å². The average molecular weight is 210 g/mol. The first-order valence-corrected chi connectivity index (χ1v) is 5.86. The number of nitrogens with zero attached hydrogens (tertiary/aromatic N) is 1. The first-order valence-electron chi connectivity index (χ1n) is 3.47. The van der Waals surface area contributed by atoms with E-state index in [1.54, 1.807) is 0 Å². The molecule has 1 rings (SSSR count). The van der Waals surface area contributed by atoms with Gasteiger partial charge in [0.1, 0.15) is 0 Å². The third-order valence-corrected chi connectivity index (χ3v) is 4.39. The third kappa shape index (κ3) is 1.90. The molecule has 0 radical (unpaired) electrons. The Bertz CT molecular complexity index is 274. The van der Waals surface area contributed by atoms with E-state index in [2.05, 4.69) is 4.72 Å². The van der Waals surface area contributed by atoms with Gasteiger partial charge in [-0.05, 0) is 18.4 Å². The number of carbonyl (C=O) groups excluding carboxylic acids is 1. The zero-order valence-electron chi connectivity index (χ0n) is 6.61. The van der Waals surface area contributed by atoms with Gasteiger partial charge in [-0.15, -0.1) is 0 Å². The molecular formula is C5H10N2O3S2. The molecule has 1 N–H and O–H groups in total. The van der Waals surface area contributed by atoms with Crippen molar-refractivity contribution >= 4 is 28.1 Å². The molecule has 1 amide bonds. The molecular weight excluding hydrogens is 200 g/mol. The summed E-state index contributed by atoms with van der Waals surface area (Å²) in [6.07, 6.45) is 1.06. The Morgan fingerprint density at radius 1 is 1.58 bits per heavy atom. The second-order valence-electron chi connectivity index (χ2n) is 2.27. The average Bonchev–Trinajstić information content (AvgIpc) is 2.05. The van der Waals surface area contributed by atoms with Crippen molar-refractivity contribution in [3.63, 3.8) is 0 Å². The van der Waals surface area contributed by atoms with E-state index in [1.165, 1.54) is 7.05 Å². The molecule has 0 aliphatic carbocycles. The molecule has 0 spiro atoms. The summed E-state index contributed by atoms with van der Waals surface area (Å²) >= 11 is 1.04. The lowest BCUT2D eigenvalue weighted by atomic mass is 10.3. The Hall–Kier alpha value is -0.270. The van der Waals surface area contributed by atoms with Crippen LogP contribution in [0.1, 0.15) is 12.8 Å². The number of hydrogen-bond donors (Lipinski definition) is 1. The third-order valence-electron chi connectivity index (χ3n) is 1.42. The predicted molar refractivity (Wildman–Crippen MR) is 46.5 cm³/mol. The summed E-state index contributed by atoms with van der Waals surface area (Å²) in [7, 11) is -2.28. The molecule has 1 heterocycles. The van der Waals surface area contributed by atoms with Crippen LogP contribution >= 0.6 is 11.9 Å². The van der Waals surface area contributed by atoms with E-state index < -0.39 is 10.2 Å². The van der Waals surface area contributed by atoms with Gasteiger partial charge in [0, 0.05) is 19.2 Å². The summed E-state index contributed by atoms with van der Waals surface area (Å²) in [5.74, 6) is 0.327. The molecule has 0 aromatic carbocycles. The van der Waals surface area contributed by atoms with Gasteiger partial charge in [-0.2, -0.15) is 16.9 Å². The molecule has 0 atom stereocenters. The molecule has 0 saturated carbocycles. The Morgan fingerprint density at radius 3 is 2.75 bits per heavy atom. The summed E-state index contributed by atoms with van der Waals surface area (Å²) in [5, 5.41) is 0. The highest BCUT2D eigenvalue weighted by molar-refractivity contribution is 8.08. The minimum Gasteiger partial charge on any atom is -0.273 e. The van der Waals surface area contributed by atoms with Gasteiger partial charge in [0.25, 0.3) is 0 Å². The van der Waals surface area contributed by atoms with E-state index in [0.29, 0.717) is 12.2 Å². The molecule has 1 saturated heterocycles. The van der Waals surface area contributed by atoms with Crippen LogP contribution in [0.3, 0.4) is 0 Å². The van der Waals surface area contributed by atoms with Crippen LogP contribution in [-0.4, -0.2) is 30.8 Å². The zero-order valence-corrected chi connectivity index (χ0v) is 8.24. The minimum atomic E-state index is -3.57. The molecule has 0 unspecified atom stereocenters. The van der Waals surface area contributed by atoms with Crippen molar-refractivity contribution in [2.75, 3.05) is 12.8 Å². The summed E-state index contributed by atoms with van der Waals surface area (Å²) in [6, 6.07) is 0. The molecule has 7 heteroatoms. The fourth-order valence-corrected chi connectivity index (χ4v) is 3.02. The minimum absolute atomic E-state index is 0.313. The highest BCUT2D eigenvalue weighted by Gasteiger charge is 2.29. The molecule has 0 bridgehead atoms. The Morgan fingerprint density at radius 2 is 2.25 bits per heavy atom. The van der Waals surface area contributed by atoms with Crippen molar-refractivity contribution in [3.8, 4) is 0 Å². The van der Waals surface area contributed by atoms with Gasteiger partial charge in [-0.25, -0.2) is 0 Å². The Balaban J connectivity index is 2.80. The van der Waals surface area contributed by atoms with Gasteiger partial charge in [0.2, 0.25) is 5.91 Å². The maximum atomic E-state index is 11.1. The fraction of sp³-hybridized carbons (Fsp3) is 0.800. The first-order chi connectivity index (χ1) is 5.58. The molecule has 0 aromatic rings. The van der Waals surface area contributed by atoms with Crippen LogP contribution in [-0.2, 0) is 15.0 Å². The molecule has 70 valence electrons. The van der Waals surface area contributed by atoms with E-state index in [9.17, 15) is 13.2 Å². The maximum Gasteiger partial charge on any atom is 0.313 e. The molecule has 0 aromatic heterocycles. The van der Waals surface area contributed by atoms with Crippen LogP contribution in [0, 0.1) is 0 Å². The topological polar surface area (TPSA) is 66.5 Å². The standard InChI is InChI=1S/C5H10N2O3S2/c1-6-12(9,10)7-5(8)3-2-4-11-7/h6H,2-4H2,1H3. The number of carbonyl (C=O) groups is 1. The Labute approximate surface area is 75.8 Å². The smallest absolute Gasteiger partial charge is 0.273 e. The summed E-state index contributed by atoms with van der Waals surface area (Å²) in [6.45, 7) is 0.